The summed E-state index contributed by atoms with van der Waals surface area (Å²) in [6.45, 7) is 11.5. The highest BCUT2D eigenvalue weighted by Gasteiger charge is 2.32. The van der Waals surface area contributed by atoms with Crippen LogP contribution in [-0.2, 0) is 5.41 Å². The van der Waals surface area contributed by atoms with Gasteiger partial charge in [0.05, 0.1) is 12.8 Å². The van der Waals surface area contributed by atoms with Gasteiger partial charge in [-0.05, 0) is 41.4 Å². The number of ether oxygens (including phenoxy) is 1. The Morgan fingerprint density at radius 1 is 1.19 bits per heavy atom. The molecule has 1 aromatic carbocycles. The van der Waals surface area contributed by atoms with E-state index in [1.165, 1.54) is 31.2 Å². The second-order valence-corrected chi connectivity index (χ2v) is 8.10. The molecule has 1 aromatic rings. The minimum Gasteiger partial charge on any atom is -0.495 e. The van der Waals surface area contributed by atoms with Crippen LogP contribution in [0.5, 0.6) is 5.75 Å². The van der Waals surface area contributed by atoms with Crippen LogP contribution in [0.1, 0.15) is 65.9 Å². The standard InChI is InChI=1S/C19H31NO/c1-18(2,3)14-10-11-16(21-6)15(13-14)20-17-9-7-8-12-19(17,4)5/h10-11,13,17,20H,7-9,12H2,1-6H3. The Morgan fingerprint density at radius 2 is 1.90 bits per heavy atom. The van der Waals surface area contributed by atoms with Crippen molar-refractivity contribution in [1.82, 2.24) is 0 Å². The fourth-order valence-corrected chi connectivity index (χ4v) is 3.24. The van der Waals surface area contributed by atoms with E-state index in [9.17, 15) is 0 Å². The Kier molecular flexibility index (Phi) is 4.55. The largest absolute Gasteiger partial charge is 0.495 e. The quantitative estimate of drug-likeness (QED) is 0.807. The topological polar surface area (TPSA) is 21.3 Å². The molecule has 0 aliphatic heterocycles. The summed E-state index contributed by atoms with van der Waals surface area (Å²) in [7, 11) is 1.75. The van der Waals surface area contributed by atoms with Crippen LogP contribution in [0.15, 0.2) is 18.2 Å². The van der Waals surface area contributed by atoms with Crippen LogP contribution >= 0.6 is 0 Å². The highest BCUT2D eigenvalue weighted by Crippen LogP contribution is 2.39. The van der Waals surface area contributed by atoms with Crippen molar-refractivity contribution < 1.29 is 4.74 Å². The molecule has 2 heteroatoms. The third kappa shape index (κ3) is 3.72. The minimum atomic E-state index is 0.158. The second kappa shape index (κ2) is 5.90. The molecule has 0 saturated heterocycles. The van der Waals surface area contributed by atoms with Crippen molar-refractivity contribution in [3.05, 3.63) is 23.8 Å². The van der Waals surface area contributed by atoms with E-state index in [1.54, 1.807) is 7.11 Å². The van der Waals surface area contributed by atoms with Gasteiger partial charge in [-0.2, -0.15) is 0 Å². The predicted octanol–water partition coefficient (Wildman–Crippen LogP) is 5.37. The lowest BCUT2D eigenvalue weighted by Gasteiger charge is -2.40. The summed E-state index contributed by atoms with van der Waals surface area (Å²) < 4.78 is 5.56. The van der Waals surface area contributed by atoms with Gasteiger partial charge < -0.3 is 10.1 Å². The van der Waals surface area contributed by atoms with E-state index in [0.717, 1.165) is 11.4 Å². The Labute approximate surface area is 130 Å². The Hall–Kier alpha value is -1.18. The van der Waals surface area contributed by atoms with Crippen molar-refractivity contribution in [2.75, 3.05) is 12.4 Å². The highest BCUT2D eigenvalue weighted by atomic mass is 16.5. The van der Waals surface area contributed by atoms with Gasteiger partial charge in [0, 0.05) is 6.04 Å². The molecule has 0 radical (unpaired) electrons. The van der Waals surface area contributed by atoms with Crippen LogP contribution < -0.4 is 10.1 Å². The fourth-order valence-electron chi connectivity index (χ4n) is 3.24. The monoisotopic (exact) mass is 289 g/mol. The molecular weight excluding hydrogens is 258 g/mol. The number of rotatable bonds is 3. The molecule has 2 rings (SSSR count). The summed E-state index contributed by atoms with van der Waals surface area (Å²) in [5.41, 5.74) is 3.00. The van der Waals surface area contributed by atoms with Crippen LogP contribution in [0.25, 0.3) is 0 Å². The summed E-state index contributed by atoms with van der Waals surface area (Å²) in [5.74, 6) is 0.948. The molecular formula is C19H31NO. The average Bonchev–Trinajstić information content (AvgIpc) is 2.40. The Morgan fingerprint density at radius 3 is 2.48 bits per heavy atom. The number of methoxy groups -OCH3 is 1. The fraction of sp³-hybridized carbons (Fsp3) is 0.684. The van der Waals surface area contributed by atoms with Gasteiger partial charge >= 0.3 is 0 Å². The minimum absolute atomic E-state index is 0.158. The molecule has 0 heterocycles. The third-order valence-electron chi connectivity index (χ3n) is 4.90. The number of nitrogens with one attached hydrogen (secondary N) is 1. The van der Waals surface area contributed by atoms with Gasteiger partial charge in [-0.25, -0.2) is 0 Å². The SMILES string of the molecule is COc1ccc(C(C)(C)C)cc1NC1CCCCC1(C)C. The van der Waals surface area contributed by atoms with Crippen LogP contribution in [0.3, 0.4) is 0 Å². The smallest absolute Gasteiger partial charge is 0.141 e. The van der Waals surface area contributed by atoms with E-state index in [-0.39, 0.29) is 5.41 Å². The molecule has 1 unspecified atom stereocenters. The van der Waals surface area contributed by atoms with Crippen molar-refractivity contribution in [3.63, 3.8) is 0 Å². The van der Waals surface area contributed by atoms with E-state index in [4.69, 9.17) is 4.74 Å². The normalized spacial score (nSPS) is 21.9. The van der Waals surface area contributed by atoms with Gasteiger partial charge in [-0.15, -0.1) is 0 Å². The zero-order chi connectivity index (χ0) is 15.7. The van der Waals surface area contributed by atoms with Crippen molar-refractivity contribution in [2.45, 2.75) is 71.8 Å². The molecule has 1 aliphatic rings. The third-order valence-corrected chi connectivity index (χ3v) is 4.90. The first-order valence-electron chi connectivity index (χ1n) is 8.19. The molecule has 118 valence electrons. The van der Waals surface area contributed by atoms with Crippen molar-refractivity contribution >= 4 is 5.69 Å². The summed E-state index contributed by atoms with van der Waals surface area (Å²) in [6.07, 6.45) is 5.22. The maximum atomic E-state index is 5.56. The van der Waals surface area contributed by atoms with E-state index in [2.05, 4.69) is 58.1 Å². The zero-order valence-electron chi connectivity index (χ0n) is 14.5. The lowest BCUT2D eigenvalue weighted by molar-refractivity contribution is 0.216. The molecule has 1 saturated carbocycles. The van der Waals surface area contributed by atoms with Crippen LogP contribution in [0.2, 0.25) is 0 Å². The van der Waals surface area contributed by atoms with Crippen molar-refractivity contribution in [3.8, 4) is 5.75 Å². The number of hydrogen-bond acceptors (Lipinski definition) is 2. The summed E-state index contributed by atoms with van der Waals surface area (Å²) in [5, 5.41) is 3.78. The van der Waals surface area contributed by atoms with Crippen LogP contribution in [0, 0.1) is 5.41 Å². The second-order valence-electron chi connectivity index (χ2n) is 8.10. The van der Waals surface area contributed by atoms with Crippen LogP contribution in [-0.4, -0.2) is 13.2 Å². The number of anilines is 1. The van der Waals surface area contributed by atoms with Crippen LogP contribution in [0.4, 0.5) is 5.69 Å². The van der Waals surface area contributed by atoms with Gasteiger partial charge in [-0.3, -0.25) is 0 Å². The molecule has 0 aromatic heterocycles. The lowest BCUT2D eigenvalue weighted by atomic mass is 9.73. The maximum Gasteiger partial charge on any atom is 0.141 e. The first kappa shape index (κ1) is 16.2. The summed E-state index contributed by atoms with van der Waals surface area (Å²) in [4.78, 5) is 0. The van der Waals surface area contributed by atoms with Gasteiger partial charge in [0.2, 0.25) is 0 Å². The summed E-state index contributed by atoms with van der Waals surface area (Å²) >= 11 is 0. The Bertz CT molecular complexity index is 485. The molecule has 0 bridgehead atoms. The highest BCUT2D eigenvalue weighted by molar-refractivity contribution is 5.59. The van der Waals surface area contributed by atoms with E-state index >= 15 is 0 Å². The summed E-state index contributed by atoms with van der Waals surface area (Å²) in [6, 6.07) is 7.06. The zero-order valence-corrected chi connectivity index (χ0v) is 14.5. The lowest BCUT2D eigenvalue weighted by Crippen LogP contribution is -2.39. The predicted molar refractivity (Wildman–Crippen MR) is 91.4 cm³/mol. The first-order valence-corrected chi connectivity index (χ1v) is 8.19. The number of hydrogen-bond donors (Lipinski definition) is 1. The van der Waals surface area contributed by atoms with Crippen molar-refractivity contribution in [1.29, 1.82) is 0 Å². The molecule has 0 amide bonds. The molecule has 1 N–H and O–H groups in total. The van der Waals surface area contributed by atoms with Gasteiger partial charge in [-0.1, -0.05) is 53.5 Å². The first-order chi connectivity index (χ1) is 9.74. The van der Waals surface area contributed by atoms with E-state index in [1.807, 2.05) is 0 Å². The van der Waals surface area contributed by atoms with E-state index in [0.29, 0.717) is 11.5 Å². The van der Waals surface area contributed by atoms with Gasteiger partial charge in [0.15, 0.2) is 0 Å². The molecule has 1 fully saturated rings. The molecule has 2 nitrogen and oxygen atoms in total. The van der Waals surface area contributed by atoms with Crippen molar-refractivity contribution in [2.24, 2.45) is 5.41 Å². The Balaban J connectivity index is 2.29. The van der Waals surface area contributed by atoms with E-state index < -0.39 is 0 Å². The van der Waals surface area contributed by atoms with Gasteiger partial charge in [0.1, 0.15) is 5.75 Å². The molecule has 21 heavy (non-hydrogen) atoms. The molecule has 0 spiro atoms. The van der Waals surface area contributed by atoms with Gasteiger partial charge in [0.25, 0.3) is 0 Å². The molecule has 1 atom stereocenters. The molecule has 1 aliphatic carbocycles. The average molecular weight is 289 g/mol. The number of benzene rings is 1. The maximum absolute atomic E-state index is 5.56.